The van der Waals surface area contributed by atoms with Gasteiger partial charge < -0.3 is 19.5 Å². The van der Waals surface area contributed by atoms with Gasteiger partial charge in [0, 0.05) is 36.5 Å². The Balaban J connectivity index is 1.13. The van der Waals surface area contributed by atoms with Crippen molar-refractivity contribution in [2.75, 3.05) is 26.2 Å². The number of carbonyl (C=O) groups excluding carboxylic acids is 1. The van der Waals surface area contributed by atoms with Gasteiger partial charge in [-0.05, 0) is 57.9 Å². The molecule has 0 spiro atoms. The number of amides is 1. The Kier molecular flexibility index (Phi) is 8.13. The Morgan fingerprint density at radius 2 is 2.03 bits per heavy atom. The molecule has 4 rings (SSSR count). The molecule has 0 saturated heterocycles. The Morgan fingerprint density at radius 3 is 2.74 bits per heavy atom. The van der Waals surface area contributed by atoms with E-state index in [1.54, 1.807) is 6.07 Å². The number of nitrogens with one attached hydrogen (secondary N) is 1. The first-order chi connectivity index (χ1) is 16.2. The van der Waals surface area contributed by atoms with E-state index in [1.807, 2.05) is 6.92 Å². The second-order valence-electron chi connectivity index (χ2n) is 9.28. The molecule has 2 aromatic heterocycles. The zero-order valence-electron chi connectivity index (χ0n) is 19.3. The van der Waals surface area contributed by atoms with E-state index >= 15 is 0 Å². The highest BCUT2D eigenvalue weighted by molar-refractivity contribution is 7.13. The molecule has 11 heteroatoms. The van der Waals surface area contributed by atoms with Crippen LogP contribution >= 0.6 is 11.3 Å². The predicted octanol–water partition coefficient (Wildman–Crippen LogP) is 4.09. The Labute approximate surface area is 201 Å². The lowest BCUT2D eigenvalue weighted by molar-refractivity contribution is -0.153. The zero-order chi connectivity index (χ0) is 24.1. The average Bonchev–Trinajstić information content (AvgIpc) is 3.32. The number of aryl methyl sites for hydroxylation is 1. The lowest BCUT2D eigenvalue weighted by Gasteiger charge is -2.30. The number of fused-ring (bicyclic) bond motifs is 1. The van der Waals surface area contributed by atoms with Gasteiger partial charge in [0.2, 0.25) is 5.91 Å². The summed E-state index contributed by atoms with van der Waals surface area (Å²) in [6.45, 7) is 3.31. The maximum absolute atomic E-state index is 12.4. The van der Waals surface area contributed by atoms with E-state index in [2.05, 4.69) is 20.4 Å². The molecule has 0 bridgehead atoms. The molecule has 7 nitrogen and oxygen atoms in total. The fourth-order valence-electron chi connectivity index (χ4n) is 4.71. The molecule has 0 atom stereocenters. The van der Waals surface area contributed by atoms with Crippen molar-refractivity contribution < 1.29 is 27.2 Å². The van der Waals surface area contributed by atoms with Crippen LogP contribution in [0.25, 0.3) is 0 Å². The summed E-state index contributed by atoms with van der Waals surface area (Å²) in [5, 5.41) is 7.06. The number of nitrogens with zero attached hydrogens (tertiary/aromatic N) is 3. The van der Waals surface area contributed by atoms with Gasteiger partial charge in [-0.15, -0.1) is 0 Å². The number of hydrogen-bond donors (Lipinski definition) is 1. The van der Waals surface area contributed by atoms with Crippen LogP contribution in [-0.4, -0.2) is 59.4 Å². The molecular weight excluding hydrogens is 469 g/mol. The van der Waals surface area contributed by atoms with Crippen molar-refractivity contribution in [1.82, 2.24) is 20.4 Å². The number of hydrogen-bond acceptors (Lipinski definition) is 7. The van der Waals surface area contributed by atoms with E-state index in [0.717, 1.165) is 80.8 Å². The van der Waals surface area contributed by atoms with Crippen molar-refractivity contribution in [3.05, 3.63) is 28.1 Å². The van der Waals surface area contributed by atoms with Crippen LogP contribution in [0.3, 0.4) is 0 Å². The van der Waals surface area contributed by atoms with Gasteiger partial charge >= 0.3 is 6.18 Å². The number of alkyl halides is 3. The summed E-state index contributed by atoms with van der Waals surface area (Å²) in [4.78, 5) is 20.0. The highest BCUT2D eigenvalue weighted by Gasteiger charge is 2.30. The van der Waals surface area contributed by atoms with Crippen molar-refractivity contribution in [3.8, 4) is 5.19 Å². The summed E-state index contributed by atoms with van der Waals surface area (Å²) in [7, 11) is 0. The van der Waals surface area contributed by atoms with Gasteiger partial charge in [-0.1, -0.05) is 16.5 Å². The third-order valence-electron chi connectivity index (χ3n) is 6.51. The molecule has 34 heavy (non-hydrogen) atoms. The maximum Gasteiger partial charge on any atom is 0.422 e. The van der Waals surface area contributed by atoms with Crippen LogP contribution in [0, 0.1) is 12.8 Å². The van der Waals surface area contributed by atoms with Gasteiger partial charge in [0.25, 0.3) is 5.19 Å². The molecule has 1 N–H and O–H groups in total. The molecule has 2 aliphatic rings. The standard InChI is InChI=1S/C23H31F3N4O3S/c1-15-12-18(33-29-15)13-21(31)27-17-4-2-16(3-5-17)6-9-30-10-7-19-20(8-11-30)34-22(28-19)32-14-23(24,25)26/h12,16-17H,2-11,13-14H2,1H3,(H,27,31). The van der Waals surface area contributed by atoms with Gasteiger partial charge in [0.05, 0.1) is 17.8 Å². The summed E-state index contributed by atoms with van der Waals surface area (Å²) in [5.74, 6) is 1.23. The lowest BCUT2D eigenvalue weighted by atomic mass is 9.84. The van der Waals surface area contributed by atoms with Crippen LogP contribution in [0.1, 0.15) is 54.1 Å². The fraction of sp³-hybridized carbons (Fsp3) is 0.696. The second kappa shape index (κ2) is 11.1. The topological polar surface area (TPSA) is 80.5 Å². The molecule has 1 aliphatic carbocycles. The quantitative estimate of drug-likeness (QED) is 0.588. The number of carbonyl (C=O) groups is 1. The SMILES string of the molecule is Cc1cc(CC(=O)NC2CCC(CCN3CCc4nc(OCC(F)(F)F)sc4CC3)CC2)on1. The maximum atomic E-state index is 12.4. The number of ether oxygens (including phenoxy) is 1. The van der Waals surface area contributed by atoms with Crippen molar-refractivity contribution in [1.29, 1.82) is 0 Å². The fourth-order valence-corrected chi connectivity index (χ4v) is 5.66. The molecule has 3 heterocycles. The van der Waals surface area contributed by atoms with Crippen LogP contribution in [0.4, 0.5) is 13.2 Å². The van der Waals surface area contributed by atoms with Crippen molar-refractivity contribution in [3.63, 3.8) is 0 Å². The Bertz CT molecular complexity index is 928. The largest absolute Gasteiger partial charge is 0.460 e. The highest BCUT2D eigenvalue weighted by atomic mass is 32.1. The summed E-state index contributed by atoms with van der Waals surface area (Å²) >= 11 is 1.24. The molecule has 0 unspecified atom stereocenters. The molecule has 0 aromatic carbocycles. The second-order valence-corrected chi connectivity index (χ2v) is 10.3. The van der Waals surface area contributed by atoms with E-state index in [-0.39, 0.29) is 23.6 Å². The summed E-state index contributed by atoms with van der Waals surface area (Å²) in [6, 6.07) is 2.01. The number of aromatic nitrogens is 2. The van der Waals surface area contributed by atoms with Gasteiger partial charge in [-0.3, -0.25) is 4.79 Å². The van der Waals surface area contributed by atoms with Crippen molar-refractivity contribution in [2.45, 2.75) is 70.5 Å². The van der Waals surface area contributed by atoms with Crippen molar-refractivity contribution >= 4 is 17.2 Å². The van der Waals surface area contributed by atoms with E-state index < -0.39 is 12.8 Å². The minimum absolute atomic E-state index is 0.0165. The molecular formula is C23H31F3N4O3S. The lowest BCUT2D eigenvalue weighted by Crippen LogP contribution is -2.39. The van der Waals surface area contributed by atoms with Crippen LogP contribution in [0.15, 0.2) is 10.6 Å². The van der Waals surface area contributed by atoms with E-state index in [0.29, 0.717) is 11.7 Å². The van der Waals surface area contributed by atoms with Crippen LogP contribution in [0.2, 0.25) is 0 Å². The van der Waals surface area contributed by atoms with Gasteiger partial charge in [0.15, 0.2) is 6.61 Å². The first kappa shape index (κ1) is 25.0. The van der Waals surface area contributed by atoms with Crippen LogP contribution in [0.5, 0.6) is 5.19 Å². The molecule has 1 amide bonds. The highest BCUT2D eigenvalue weighted by Crippen LogP contribution is 2.31. The summed E-state index contributed by atoms with van der Waals surface area (Å²) in [5.41, 5.74) is 1.65. The van der Waals surface area contributed by atoms with E-state index in [4.69, 9.17) is 9.26 Å². The normalized spacial score (nSPS) is 21.6. The zero-order valence-corrected chi connectivity index (χ0v) is 20.1. The van der Waals surface area contributed by atoms with Gasteiger partial charge in [-0.25, -0.2) is 4.98 Å². The Morgan fingerprint density at radius 1 is 1.26 bits per heavy atom. The van der Waals surface area contributed by atoms with Crippen LogP contribution < -0.4 is 10.1 Å². The first-order valence-corrected chi connectivity index (χ1v) is 12.7. The number of thiazole rings is 1. The molecule has 1 fully saturated rings. The van der Waals surface area contributed by atoms with Gasteiger partial charge in [-0.2, -0.15) is 13.2 Å². The monoisotopic (exact) mass is 500 g/mol. The van der Waals surface area contributed by atoms with E-state index in [9.17, 15) is 18.0 Å². The molecule has 188 valence electrons. The minimum atomic E-state index is -4.35. The molecule has 1 aliphatic heterocycles. The number of rotatable bonds is 8. The average molecular weight is 501 g/mol. The van der Waals surface area contributed by atoms with E-state index in [1.165, 1.54) is 11.3 Å². The van der Waals surface area contributed by atoms with Crippen LogP contribution in [-0.2, 0) is 24.1 Å². The molecule has 0 radical (unpaired) electrons. The van der Waals surface area contributed by atoms with Gasteiger partial charge in [0.1, 0.15) is 5.76 Å². The first-order valence-electron chi connectivity index (χ1n) is 11.9. The third-order valence-corrected chi connectivity index (χ3v) is 7.58. The summed E-state index contributed by atoms with van der Waals surface area (Å²) < 4.78 is 47.0. The molecule has 1 saturated carbocycles. The smallest absolute Gasteiger partial charge is 0.422 e. The van der Waals surface area contributed by atoms with Crippen molar-refractivity contribution in [2.24, 2.45) is 5.92 Å². The molecule has 2 aromatic rings. The number of halogens is 3. The summed E-state index contributed by atoms with van der Waals surface area (Å²) in [6.07, 6.45) is 2.74. The minimum Gasteiger partial charge on any atom is -0.460 e. The predicted molar refractivity (Wildman–Crippen MR) is 121 cm³/mol. The Hall–Kier alpha value is -2.14. The third kappa shape index (κ3) is 7.43.